The number of hydrogen-bond donors (Lipinski definition) is 2. The Hall–Kier alpha value is -1.68. The maximum absolute atomic E-state index is 9.98. The molecular weight excluding hydrogens is 228 g/mol. The molecule has 4 nitrogen and oxygen atoms in total. The first kappa shape index (κ1) is 10.8. The zero-order chi connectivity index (χ0) is 11.9. The fourth-order valence-electron chi connectivity index (χ4n) is 1.57. The highest BCUT2D eigenvalue weighted by Crippen LogP contribution is 2.39. The first-order valence-electron chi connectivity index (χ1n) is 4.72. The summed E-state index contributed by atoms with van der Waals surface area (Å²) in [7, 11) is 0. The van der Waals surface area contributed by atoms with Crippen LogP contribution in [0.4, 0.5) is 5.82 Å². The molecule has 0 amide bonds. The van der Waals surface area contributed by atoms with Gasteiger partial charge in [-0.2, -0.15) is 0 Å². The van der Waals surface area contributed by atoms with Crippen LogP contribution in [-0.4, -0.2) is 10.3 Å². The van der Waals surface area contributed by atoms with Gasteiger partial charge in [-0.1, -0.05) is 16.8 Å². The molecule has 0 aliphatic heterocycles. The van der Waals surface area contributed by atoms with Crippen molar-refractivity contribution in [2.75, 3.05) is 5.73 Å². The van der Waals surface area contributed by atoms with Gasteiger partial charge in [0, 0.05) is 11.1 Å². The molecule has 0 bridgehead atoms. The molecule has 0 radical (unpaired) electrons. The topological polar surface area (TPSA) is 72.3 Å². The maximum atomic E-state index is 9.98. The van der Waals surface area contributed by atoms with Crippen molar-refractivity contribution < 1.29 is 9.63 Å². The minimum atomic E-state index is 0.137. The molecule has 0 saturated carbocycles. The van der Waals surface area contributed by atoms with E-state index < -0.39 is 0 Å². The van der Waals surface area contributed by atoms with E-state index in [9.17, 15) is 5.11 Å². The minimum absolute atomic E-state index is 0.137. The zero-order valence-electron chi connectivity index (χ0n) is 8.91. The van der Waals surface area contributed by atoms with Gasteiger partial charge in [-0.3, -0.25) is 0 Å². The third kappa shape index (κ3) is 1.61. The molecule has 0 atom stereocenters. The van der Waals surface area contributed by atoms with E-state index in [0.29, 0.717) is 21.9 Å². The summed E-state index contributed by atoms with van der Waals surface area (Å²) in [6, 6.07) is 3.26. The second kappa shape index (κ2) is 3.72. The molecule has 3 N–H and O–H groups in total. The molecule has 1 heterocycles. The normalized spacial score (nSPS) is 10.7. The highest BCUT2D eigenvalue weighted by atomic mass is 35.5. The van der Waals surface area contributed by atoms with Crippen molar-refractivity contribution in [2.45, 2.75) is 13.8 Å². The fourth-order valence-corrected chi connectivity index (χ4v) is 1.83. The summed E-state index contributed by atoms with van der Waals surface area (Å²) in [6.07, 6.45) is 0. The Morgan fingerprint density at radius 1 is 1.38 bits per heavy atom. The van der Waals surface area contributed by atoms with E-state index in [0.717, 1.165) is 5.56 Å². The largest absolute Gasteiger partial charge is 0.507 e. The second-order valence-electron chi connectivity index (χ2n) is 3.64. The number of nitrogens with zero attached hydrogens (tertiary/aromatic N) is 1. The minimum Gasteiger partial charge on any atom is -0.507 e. The number of phenols is 1. The molecule has 0 saturated heterocycles. The van der Waals surface area contributed by atoms with Gasteiger partial charge in [-0.15, -0.1) is 0 Å². The monoisotopic (exact) mass is 238 g/mol. The number of phenolic OH excluding ortho intramolecular Hbond substituents is 1. The van der Waals surface area contributed by atoms with E-state index in [1.54, 1.807) is 26.0 Å². The molecule has 0 fully saturated rings. The fraction of sp³-hybridized carbons (Fsp3) is 0.182. The molecule has 0 aliphatic rings. The summed E-state index contributed by atoms with van der Waals surface area (Å²) >= 11 is 6.04. The quantitative estimate of drug-likeness (QED) is 0.801. The molecule has 1 aromatic heterocycles. The lowest BCUT2D eigenvalue weighted by Gasteiger charge is -2.09. The van der Waals surface area contributed by atoms with Gasteiger partial charge in [0.05, 0.1) is 5.56 Å². The summed E-state index contributed by atoms with van der Waals surface area (Å²) < 4.78 is 5.03. The van der Waals surface area contributed by atoms with Crippen LogP contribution < -0.4 is 5.73 Å². The number of benzene rings is 1. The van der Waals surface area contributed by atoms with Crippen LogP contribution in [0.1, 0.15) is 11.1 Å². The van der Waals surface area contributed by atoms with E-state index in [2.05, 4.69) is 5.16 Å². The number of nitrogen functional groups attached to an aromatic ring is 1. The van der Waals surface area contributed by atoms with E-state index in [1.165, 1.54) is 0 Å². The predicted molar refractivity (Wildman–Crippen MR) is 62.5 cm³/mol. The summed E-state index contributed by atoms with van der Waals surface area (Å²) in [5, 5.41) is 14.1. The van der Waals surface area contributed by atoms with Crippen molar-refractivity contribution in [1.82, 2.24) is 5.16 Å². The summed E-state index contributed by atoms with van der Waals surface area (Å²) in [5.74, 6) is 0.822. The third-order valence-corrected chi connectivity index (χ3v) is 2.85. The molecule has 16 heavy (non-hydrogen) atoms. The number of aryl methyl sites for hydroxylation is 1. The Morgan fingerprint density at radius 2 is 2.06 bits per heavy atom. The molecule has 0 aliphatic carbocycles. The Balaban J connectivity index is 2.73. The van der Waals surface area contributed by atoms with Crippen LogP contribution in [0.5, 0.6) is 5.75 Å². The van der Waals surface area contributed by atoms with Gasteiger partial charge in [0.1, 0.15) is 5.75 Å². The van der Waals surface area contributed by atoms with Crippen LogP contribution in [0.15, 0.2) is 16.7 Å². The van der Waals surface area contributed by atoms with E-state index >= 15 is 0 Å². The van der Waals surface area contributed by atoms with Crippen molar-refractivity contribution in [3.8, 4) is 17.1 Å². The Bertz CT molecular complexity index is 523. The first-order valence-corrected chi connectivity index (χ1v) is 5.09. The number of hydrogen-bond acceptors (Lipinski definition) is 4. The summed E-state index contributed by atoms with van der Waals surface area (Å²) in [6.45, 7) is 3.57. The number of aromatic nitrogens is 1. The SMILES string of the molecule is Cc1cc(Cl)c(C)c(-c2cc(N)no2)c1O. The molecule has 5 heteroatoms. The molecule has 2 rings (SSSR count). The van der Waals surface area contributed by atoms with E-state index in [4.69, 9.17) is 21.9 Å². The van der Waals surface area contributed by atoms with Gasteiger partial charge >= 0.3 is 0 Å². The van der Waals surface area contributed by atoms with Crippen molar-refractivity contribution in [1.29, 1.82) is 0 Å². The Morgan fingerprint density at radius 3 is 2.62 bits per heavy atom. The van der Waals surface area contributed by atoms with E-state index in [-0.39, 0.29) is 11.6 Å². The molecule has 2 aromatic rings. The summed E-state index contributed by atoms with van der Waals surface area (Å²) in [4.78, 5) is 0. The lowest BCUT2D eigenvalue weighted by molar-refractivity contribution is 0.428. The zero-order valence-corrected chi connectivity index (χ0v) is 9.67. The van der Waals surface area contributed by atoms with Crippen molar-refractivity contribution >= 4 is 17.4 Å². The smallest absolute Gasteiger partial charge is 0.173 e. The van der Waals surface area contributed by atoms with Gasteiger partial charge < -0.3 is 15.4 Å². The summed E-state index contributed by atoms with van der Waals surface area (Å²) in [5.41, 5.74) is 7.43. The second-order valence-corrected chi connectivity index (χ2v) is 4.05. The maximum Gasteiger partial charge on any atom is 0.173 e. The number of halogens is 1. The molecular formula is C11H11ClN2O2. The average Bonchev–Trinajstić information content (AvgIpc) is 2.62. The van der Waals surface area contributed by atoms with Crippen LogP contribution in [0.25, 0.3) is 11.3 Å². The van der Waals surface area contributed by atoms with Crippen LogP contribution in [0.2, 0.25) is 5.02 Å². The van der Waals surface area contributed by atoms with Crippen LogP contribution in [0.3, 0.4) is 0 Å². The van der Waals surface area contributed by atoms with Crippen LogP contribution in [0, 0.1) is 13.8 Å². The van der Waals surface area contributed by atoms with Gasteiger partial charge in [-0.25, -0.2) is 0 Å². The van der Waals surface area contributed by atoms with Crippen LogP contribution in [-0.2, 0) is 0 Å². The lowest BCUT2D eigenvalue weighted by Crippen LogP contribution is -1.88. The molecule has 1 aromatic carbocycles. The Labute approximate surface area is 97.6 Å². The lowest BCUT2D eigenvalue weighted by atomic mass is 10.0. The third-order valence-electron chi connectivity index (χ3n) is 2.46. The predicted octanol–water partition coefficient (Wildman–Crippen LogP) is 2.90. The average molecular weight is 239 g/mol. The van der Waals surface area contributed by atoms with E-state index in [1.807, 2.05) is 0 Å². The van der Waals surface area contributed by atoms with Crippen molar-refractivity contribution in [3.63, 3.8) is 0 Å². The number of rotatable bonds is 1. The number of anilines is 1. The molecule has 0 unspecified atom stereocenters. The number of nitrogens with two attached hydrogens (primary N) is 1. The van der Waals surface area contributed by atoms with Gasteiger partial charge in [0.25, 0.3) is 0 Å². The highest BCUT2D eigenvalue weighted by molar-refractivity contribution is 6.32. The van der Waals surface area contributed by atoms with Crippen molar-refractivity contribution in [2.24, 2.45) is 0 Å². The van der Waals surface area contributed by atoms with Crippen molar-refractivity contribution in [3.05, 3.63) is 28.3 Å². The van der Waals surface area contributed by atoms with Gasteiger partial charge in [0.15, 0.2) is 11.6 Å². The Kier molecular flexibility index (Phi) is 2.52. The number of aromatic hydroxyl groups is 1. The molecule has 0 spiro atoms. The first-order chi connectivity index (χ1) is 7.50. The molecule has 84 valence electrons. The van der Waals surface area contributed by atoms with Crippen LogP contribution >= 0.6 is 11.6 Å². The highest BCUT2D eigenvalue weighted by Gasteiger charge is 2.17. The van der Waals surface area contributed by atoms with Gasteiger partial charge in [-0.05, 0) is 31.0 Å². The van der Waals surface area contributed by atoms with Gasteiger partial charge in [0.2, 0.25) is 0 Å². The standard InChI is InChI=1S/C11H11ClN2O2/c1-5-3-7(12)6(2)10(11(5)15)8-4-9(13)14-16-8/h3-4,15H,1-2H3,(H2,13,14).